The number of fused-ring (bicyclic) bond motifs is 1. The number of ether oxygens (including phenoxy) is 1. The minimum Gasteiger partial charge on any atom is -0.389 e. The van der Waals surface area contributed by atoms with Crippen molar-refractivity contribution in [3.63, 3.8) is 0 Å². The molecule has 3 aromatic rings. The van der Waals surface area contributed by atoms with E-state index in [1.165, 1.54) is 11.1 Å². The number of para-hydroxylation sites is 1. The summed E-state index contributed by atoms with van der Waals surface area (Å²) >= 11 is 1.56. The predicted octanol–water partition coefficient (Wildman–Crippen LogP) is 3.00. The Bertz CT molecular complexity index is 941. The van der Waals surface area contributed by atoms with Crippen molar-refractivity contribution >= 4 is 28.6 Å². The number of rotatable bonds is 5. The van der Waals surface area contributed by atoms with E-state index >= 15 is 0 Å². The van der Waals surface area contributed by atoms with Crippen molar-refractivity contribution in [2.45, 2.75) is 17.5 Å². The molecule has 0 bridgehead atoms. The van der Waals surface area contributed by atoms with Crippen LogP contribution in [0.4, 0.5) is 0 Å². The number of amides is 1. The Morgan fingerprint density at radius 1 is 1.14 bits per heavy atom. The molecule has 0 saturated carbocycles. The van der Waals surface area contributed by atoms with Gasteiger partial charge in [-0.15, -0.1) is 11.8 Å². The van der Waals surface area contributed by atoms with Gasteiger partial charge >= 0.3 is 0 Å². The van der Waals surface area contributed by atoms with Gasteiger partial charge in [0.15, 0.2) is 0 Å². The summed E-state index contributed by atoms with van der Waals surface area (Å²) in [5, 5.41) is 11.0. The van der Waals surface area contributed by atoms with Crippen LogP contribution in [0, 0.1) is 0 Å². The maximum atomic E-state index is 12.6. The lowest BCUT2D eigenvalue weighted by Crippen LogP contribution is -2.38. The summed E-state index contributed by atoms with van der Waals surface area (Å²) in [5.41, 5.74) is 2.41. The highest BCUT2D eigenvalue weighted by Gasteiger charge is 2.21. The van der Waals surface area contributed by atoms with Gasteiger partial charge in [0.05, 0.1) is 25.1 Å². The number of β-amino-alcohol motifs (C(OH)–C–C–N with tert-alkyl or cyclic N) is 1. The summed E-state index contributed by atoms with van der Waals surface area (Å²) in [5.74, 6) is 0.390. The van der Waals surface area contributed by atoms with E-state index in [0.29, 0.717) is 32.1 Å². The monoisotopic (exact) mass is 396 g/mol. The minimum absolute atomic E-state index is 0.0365. The molecule has 0 radical (unpaired) electrons. The number of hydrogen-bond acceptors (Lipinski definition) is 4. The topological polar surface area (TPSA) is 54.7 Å². The first-order chi connectivity index (χ1) is 13.7. The first-order valence-corrected chi connectivity index (χ1v) is 10.5. The lowest BCUT2D eigenvalue weighted by atomic mass is 10.2. The van der Waals surface area contributed by atoms with Gasteiger partial charge in [0.2, 0.25) is 5.91 Å². The number of benzene rings is 2. The lowest BCUT2D eigenvalue weighted by Gasteiger charge is -2.21. The second-order valence-electron chi connectivity index (χ2n) is 6.98. The quantitative estimate of drug-likeness (QED) is 0.674. The molecule has 1 fully saturated rings. The molecule has 0 spiro atoms. The first-order valence-electron chi connectivity index (χ1n) is 9.49. The highest BCUT2D eigenvalue weighted by Crippen LogP contribution is 2.30. The molecular weight excluding hydrogens is 372 g/mol. The summed E-state index contributed by atoms with van der Waals surface area (Å²) in [4.78, 5) is 15.4. The molecular formula is C22H24N2O3S. The van der Waals surface area contributed by atoms with Gasteiger partial charge < -0.3 is 19.3 Å². The van der Waals surface area contributed by atoms with Crippen LogP contribution in [0.5, 0.6) is 0 Å². The van der Waals surface area contributed by atoms with E-state index in [9.17, 15) is 9.90 Å². The van der Waals surface area contributed by atoms with Crippen LogP contribution < -0.4 is 0 Å². The van der Waals surface area contributed by atoms with Gasteiger partial charge in [-0.25, -0.2) is 0 Å². The van der Waals surface area contributed by atoms with Crippen molar-refractivity contribution < 1.29 is 14.6 Å². The number of carbonyl (C=O) groups excluding carboxylic acids is 1. The number of aromatic nitrogens is 1. The van der Waals surface area contributed by atoms with Crippen LogP contribution >= 0.6 is 11.8 Å². The van der Waals surface area contributed by atoms with Crippen molar-refractivity contribution in [2.24, 2.45) is 0 Å². The predicted molar refractivity (Wildman–Crippen MR) is 112 cm³/mol. The van der Waals surface area contributed by atoms with Crippen LogP contribution in [-0.4, -0.2) is 58.6 Å². The zero-order valence-electron chi connectivity index (χ0n) is 15.7. The third kappa shape index (κ3) is 4.41. The van der Waals surface area contributed by atoms with E-state index < -0.39 is 6.10 Å². The molecule has 0 unspecified atom stereocenters. The largest absolute Gasteiger partial charge is 0.389 e. The number of nitrogens with zero attached hydrogens (tertiary/aromatic N) is 2. The second kappa shape index (κ2) is 8.82. The van der Waals surface area contributed by atoms with Gasteiger partial charge in [0.1, 0.15) is 0 Å². The normalized spacial score (nSPS) is 17.6. The molecule has 4 rings (SSSR count). The van der Waals surface area contributed by atoms with Gasteiger partial charge in [0, 0.05) is 41.6 Å². The van der Waals surface area contributed by atoms with Gasteiger partial charge in [0.25, 0.3) is 0 Å². The lowest BCUT2D eigenvalue weighted by molar-refractivity contribution is -0.129. The fourth-order valence-corrected chi connectivity index (χ4v) is 4.48. The third-order valence-electron chi connectivity index (χ3n) is 4.90. The molecule has 28 heavy (non-hydrogen) atoms. The Morgan fingerprint density at radius 2 is 1.93 bits per heavy atom. The summed E-state index contributed by atoms with van der Waals surface area (Å²) in [6.45, 7) is 2.45. The fourth-order valence-electron chi connectivity index (χ4n) is 3.49. The molecule has 2 heterocycles. The van der Waals surface area contributed by atoms with E-state index in [-0.39, 0.29) is 5.91 Å². The molecule has 1 amide bonds. The maximum absolute atomic E-state index is 12.6. The van der Waals surface area contributed by atoms with Crippen molar-refractivity contribution in [2.75, 3.05) is 32.1 Å². The third-order valence-corrected chi connectivity index (χ3v) is 5.93. The van der Waals surface area contributed by atoms with Crippen molar-refractivity contribution in [3.8, 4) is 0 Å². The molecule has 1 aliphatic heterocycles. The molecule has 2 aromatic carbocycles. The second-order valence-corrected chi connectivity index (χ2v) is 8.00. The first kappa shape index (κ1) is 19.1. The van der Waals surface area contributed by atoms with Crippen molar-refractivity contribution in [3.05, 3.63) is 66.4 Å². The van der Waals surface area contributed by atoms with Crippen LogP contribution in [0.3, 0.4) is 0 Å². The number of carbonyl (C=O) groups is 1. The Labute approximate surface area is 168 Å². The molecule has 1 aromatic heterocycles. The average molecular weight is 397 g/mol. The van der Waals surface area contributed by atoms with E-state index in [0.717, 1.165) is 16.8 Å². The summed E-state index contributed by atoms with van der Waals surface area (Å²) in [6.07, 6.45) is 1.53. The highest BCUT2D eigenvalue weighted by atomic mass is 32.2. The fraction of sp³-hybridized carbons (Fsp3) is 0.318. The minimum atomic E-state index is -0.607. The SMILES string of the molecule is O=C(CSc1cn(Cc2ccccc2)c2ccccc12)N1CCOC[C@@H](O)C1. The number of thioether (sulfide) groups is 1. The smallest absolute Gasteiger partial charge is 0.233 e. The zero-order chi connectivity index (χ0) is 19.3. The summed E-state index contributed by atoms with van der Waals surface area (Å²) < 4.78 is 7.55. The van der Waals surface area contributed by atoms with E-state index in [2.05, 4.69) is 47.2 Å². The number of aliphatic hydroxyl groups excluding tert-OH is 1. The van der Waals surface area contributed by atoms with E-state index in [1.54, 1.807) is 16.7 Å². The molecule has 1 saturated heterocycles. The van der Waals surface area contributed by atoms with Gasteiger partial charge in [-0.05, 0) is 11.6 Å². The Balaban J connectivity index is 1.50. The molecule has 6 heteroatoms. The molecule has 5 nitrogen and oxygen atoms in total. The highest BCUT2D eigenvalue weighted by molar-refractivity contribution is 8.00. The molecule has 1 aliphatic rings. The van der Waals surface area contributed by atoms with Crippen LogP contribution in [0.15, 0.2) is 65.7 Å². The summed E-state index contributed by atoms with van der Waals surface area (Å²) in [6, 6.07) is 18.7. The van der Waals surface area contributed by atoms with Crippen molar-refractivity contribution in [1.82, 2.24) is 9.47 Å². The van der Waals surface area contributed by atoms with Gasteiger partial charge in [-0.1, -0.05) is 48.5 Å². The van der Waals surface area contributed by atoms with Crippen molar-refractivity contribution in [1.29, 1.82) is 0 Å². The van der Waals surface area contributed by atoms with Gasteiger partial charge in [-0.2, -0.15) is 0 Å². The number of aliphatic hydroxyl groups is 1. The molecule has 1 atom stereocenters. The summed E-state index contributed by atoms with van der Waals surface area (Å²) in [7, 11) is 0. The average Bonchev–Trinajstić information content (AvgIpc) is 2.90. The maximum Gasteiger partial charge on any atom is 0.233 e. The van der Waals surface area contributed by atoms with Crippen LogP contribution in [0.1, 0.15) is 5.56 Å². The molecule has 0 aliphatic carbocycles. The zero-order valence-corrected chi connectivity index (χ0v) is 16.5. The Hall–Kier alpha value is -2.28. The van der Waals surface area contributed by atoms with Crippen LogP contribution in [-0.2, 0) is 16.1 Å². The van der Waals surface area contributed by atoms with Crippen LogP contribution in [0.25, 0.3) is 10.9 Å². The standard InChI is InChI=1S/C22H24N2O3S/c25-18-13-23(10-11-27-15-18)22(26)16-28-21-14-24(12-17-6-2-1-3-7-17)20-9-5-4-8-19(20)21/h1-9,14,18,25H,10-13,15-16H2/t18-/m0/s1. The van der Waals surface area contributed by atoms with Gasteiger partial charge in [-0.3, -0.25) is 4.79 Å². The molecule has 1 N–H and O–H groups in total. The number of hydrogen-bond donors (Lipinski definition) is 1. The Morgan fingerprint density at radius 3 is 2.79 bits per heavy atom. The van der Waals surface area contributed by atoms with E-state index in [4.69, 9.17) is 4.74 Å². The Kier molecular flexibility index (Phi) is 6.00. The van der Waals surface area contributed by atoms with E-state index in [1.807, 2.05) is 18.2 Å². The molecule has 146 valence electrons. The van der Waals surface area contributed by atoms with Crippen LogP contribution in [0.2, 0.25) is 0 Å².